The van der Waals surface area contributed by atoms with Gasteiger partial charge in [-0.25, -0.2) is 19.6 Å². The third-order valence-electron chi connectivity index (χ3n) is 21.3. The minimum atomic E-state index is -0.469. The molecule has 0 atom stereocenters. The minimum absolute atomic E-state index is 0.321. The zero-order valence-corrected chi connectivity index (χ0v) is 57.7. The van der Waals surface area contributed by atoms with E-state index in [4.69, 9.17) is 9.47 Å². The number of nitrogens with zero attached hydrogens (tertiary/aromatic N) is 4. The molecule has 8 amide bonds. The van der Waals surface area contributed by atoms with E-state index in [9.17, 15) is 38.4 Å². The summed E-state index contributed by atoms with van der Waals surface area (Å²) in [5, 5.41) is 9.69. The van der Waals surface area contributed by atoms with Crippen molar-refractivity contribution in [3.63, 3.8) is 0 Å². The molecule has 0 unspecified atom stereocenters. The van der Waals surface area contributed by atoms with Gasteiger partial charge >= 0.3 is 0 Å². The van der Waals surface area contributed by atoms with Crippen LogP contribution in [0, 0.1) is 0 Å². The average molecular weight is 1400 g/mol. The van der Waals surface area contributed by atoms with Crippen molar-refractivity contribution in [1.82, 2.24) is 0 Å². The van der Waals surface area contributed by atoms with Crippen LogP contribution < -0.4 is 29.1 Å². The van der Waals surface area contributed by atoms with E-state index >= 15 is 0 Å². The molecule has 0 saturated carbocycles. The zero-order valence-electron chi connectivity index (χ0n) is 57.7. The summed E-state index contributed by atoms with van der Waals surface area (Å²) in [6.45, 7) is 0. The van der Waals surface area contributed by atoms with Crippen molar-refractivity contribution in [1.29, 1.82) is 0 Å². The lowest BCUT2D eigenvalue weighted by Gasteiger charge is -2.29. The predicted octanol–water partition coefficient (Wildman–Crippen LogP) is 20.2. The molecule has 0 fully saturated rings. The van der Waals surface area contributed by atoms with Gasteiger partial charge in [0.2, 0.25) is 0 Å². The van der Waals surface area contributed by atoms with Gasteiger partial charge < -0.3 is 9.47 Å². The van der Waals surface area contributed by atoms with Gasteiger partial charge in [-0.05, 0) is 186 Å². The summed E-state index contributed by atoms with van der Waals surface area (Å²) in [6.07, 6.45) is 0. The molecule has 14 heteroatoms. The number of imide groups is 4. The normalized spacial score (nSPS) is 13.7. The van der Waals surface area contributed by atoms with E-state index in [0.29, 0.717) is 111 Å². The molecule has 512 valence electrons. The molecule has 0 saturated heterocycles. The summed E-state index contributed by atoms with van der Waals surface area (Å²) in [7, 11) is 3.08. The van der Waals surface area contributed by atoms with E-state index < -0.39 is 23.6 Å². The van der Waals surface area contributed by atoms with Crippen LogP contribution in [0.1, 0.15) is 82.9 Å². The van der Waals surface area contributed by atoms with Gasteiger partial charge in [-0.15, -0.1) is 0 Å². The Morgan fingerprint density at radius 1 is 0.185 bits per heavy atom. The number of benzene rings is 16. The monoisotopic (exact) mass is 1400 g/mol. The van der Waals surface area contributed by atoms with Crippen LogP contribution in [0.15, 0.2) is 303 Å². The largest absolute Gasteiger partial charge is 0.496 e. The Balaban J connectivity index is 0.000000169. The van der Waals surface area contributed by atoms with Gasteiger partial charge in [-0.3, -0.25) is 38.4 Å². The number of carbonyl (C=O) groups is 8. The highest BCUT2D eigenvalue weighted by atomic mass is 16.5. The molecule has 108 heavy (non-hydrogen) atoms. The maximum absolute atomic E-state index is 14.3. The van der Waals surface area contributed by atoms with Crippen molar-refractivity contribution in [2.45, 2.75) is 0 Å². The molecule has 0 radical (unpaired) electrons. The quantitative estimate of drug-likeness (QED) is 0.0949. The molecule has 16 aromatic carbocycles. The van der Waals surface area contributed by atoms with E-state index in [2.05, 4.69) is 24.3 Å². The van der Waals surface area contributed by atoms with Gasteiger partial charge in [-0.1, -0.05) is 194 Å². The number of hydrogen-bond acceptors (Lipinski definition) is 10. The van der Waals surface area contributed by atoms with Crippen molar-refractivity contribution in [3.8, 4) is 56.0 Å². The number of hydrogen-bond donors (Lipinski definition) is 0. The summed E-state index contributed by atoms with van der Waals surface area (Å²) < 4.78 is 10.9. The second kappa shape index (κ2) is 25.0. The number of carbonyl (C=O) groups excluding carboxylic acids is 8. The van der Waals surface area contributed by atoms with E-state index in [1.807, 2.05) is 194 Å². The summed E-state index contributed by atoms with van der Waals surface area (Å²) in [4.78, 5) is 116. The van der Waals surface area contributed by atoms with Crippen LogP contribution >= 0.6 is 0 Å². The van der Waals surface area contributed by atoms with Crippen molar-refractivity contribution >= 4 is 135 Å². The van der Waals surface area contributed by atoms with Crippen LogP contribution in [0.4, 0.5) is 22.7 Å². The highest BCUT2D eigenvalue weighted by Gasteiger charge is 2.40. The highest BCUT2D eigenvalue weighted by Crippen LogP contribution is 2.48. The number of rotatable bonds is 10. The Morgan fingerprint density at radius 3 is 0.694 bits per heavy atom. The van der Waals surface area contributed by atoms with E-state index in [0.717, 1.165) is 86.6 Å². The molecule has 4 aliphatic heterocycles. The molecule has 4 heterocycles. The predicted molar refractivity (Wildman–Crippen MR) is 423 cm³/mol. The molecule has 0 aliphatic carbocycles. The lowest BCUT2D eigenvalue weighted by atomic mass is 9.85. The first-order valence-corrected chi connectivity index (χ1v) is 35.1. The van der Waals surface area contributed by atoms with Crippen molar-refractivity contribution in [2.75, 3.05) is 33.8 Å². The van der Waals surface area contributed by atoms with Gasteiger partial charge in [0.05, 0.1) is 37.0 Å². The maximum atomic E-state index is 14.3. The molecule has 14 nitrogen and oxygen atoms in total. The van der Waals surface area contributed by atoms with Crippen molar-refractivity contribution in [2.24, 2.45) is 0 Å². The highest BCUT2D eigenvalue weighted by molar-refractivity contribution is 6.40. The first kappa shape index (κ1) is 64.1. The smallest absolute Gasteiger partial charge is 0.265 e. The van der Waals surface area contributed by atoms with Crippen LogP contribution in [-0.4, -0.2) is 61.5 Å². The van der Waals surface area contributed by atoms with Crippen LogP contribution in [-0.2, 0) is 0 Å². The number of methoxy groups -OCH3 is 2. The number of anilines is 4. The first-order valence-electron chi connectivity index (χ1n) is 35.1. The SMILES string of the molecule is COc1ccc2c3c(cccc13)C(=O)N(c1ccc(N3C(=O)c4cccc5c(OC)ccc(c45)C3=O)cc1)C2=O.O=C1c2cccc3c(-c4ccccc4)ccc(c23)C(=O)N1c1ccc(-c2c3ccccc3c(-c3ccc(N4C(=O)c5cccc6c(-c7ccccc7)ccc(c56)C4=O)cc3)c3ccccc23)cc1. The standard InChI is InChI=1S/C62H36N2O4.C32H20N2O6/c65-59-51-23-11-21-45-43(37-13-3-1-4-14-37)33-35-53(57(45)51)61(67)63(59)41-29-25-39(26-30-41)55-47-17-7-9-19-49(47)56(50-20-10-8-18-48(50)55)40-27-31-42(32-28-40)64-60(66)52-24-12-22-46-44(38-15-5-2-6-16-38)34-36-54(58(46)52)62(64)68;1-39-25-15-13-23-27-19(25)5-3-7-21(27)29(35)33(31(23)37)17-9-11-18(12-10-17)34-30(36)22-8-4-6-20-26(40-2)16-14-24(28(20)22)32(34)38/h1-36H;3-16H,1-2H3. The zero-order chi connectivity index (χ0) is 73.3. The third-order valence-corrected chi connectivity index (χ3v) is 21.3. The van der Waals surface area contributed by atoms with Crippen LogP contribution in [0.25, 0.3) is 109 Å². The van der Waals surface area contributed by atoms with E-state index in [1.165, 1.54) is 24.0 Å². The van der Waals surface area contributed by atoms with Crippen LogP contribution in [0.5, 0.6) is 11.5 Å². The van der Waals surface area contributed by atoms with Crippen molar-refractivity contribution in [3.05, 3.63) is 348 Å². The number of amides is 8. The lowest BCUT2D eigenvalue weighted by Crippen LogP contribution is -2.41. The first-order chi connectivity index (χ1) is 52.9. The number of ether oxygens (including phenoxy) is 2. The fourth-order valence-electron chi connectivity index (χ4n) is 16.4. The van der Waals surface area contributed by atoms with Gasteiger partial charge in [0.1, 0.15) is 11.5 Å². The summed E-state index contributed by atoms with van der Waals surface area (Å²) in [5.41, 5.74) is 13.0. The van der Waals surface area contributed by atoms with Crippen molar-refractivity contribution < 1.29 is 47.8 Å². The minimum Gasteiger partial charge on any atom is -0.496 e. The Hall–Kier alpha value is -14.8. The molecule has 20 rings (SSSR count). The summed E-state index contributed by atoms with van der Waals surface area (Å²) >= 11 is 0. The second-order valence-corrected chi connectivity index (χ2v) is 26.8. The molecule has 16 aromatic rings. The second-order valence-electron chi connectivity index (χ2n) is 26.8. The molecular formula is C94H56N4O10. The van der Waals surface area contributed by atoms with Crippen LogP contribution in [0.3, 0.4) is 0 Å². The molecule has 0 spiro atoms. The Morgan fingerprint density at radius 2 is 0.407 bits per heavy atom. The number of fused-ring (bicyclic) bond motifs is 2. The lowest BCUT2D eigenvalue weighted by molar-refractivity contribution is 0.0876. The molecule has 0 bridgehead atoms. The summed E-state index contributed by atoms with van der Waals surface area (Å²) in [6, 6.07) is 94.4. The van der Waals surface area contributed by atoms with Gasteiger partial charge in [0.15, 0.2) is 0 Å². The molecule has 4 aliphatic rings. The molecule has 0 N–H and O–H groups in total. The maximum Gasteiger partial charge on any atom is 0.265 e. The topological polar surface area (TPSA) is 168 Å². The van der Waals surface area contributed by atoms with Crippen LogP contribution in [0.2, 0.25) is 0 Å². The Labute approximate surface area is 616 Å². The fourth-order valence-corrected chi connectivity index (χ4v) is 16.4. The molecule has 0 aromatic heterocycles. The van der Waals surface area contributed by atoms with E-state index in [1.54, 1.807) is 84.9 Å². The van der Waals surface area contributed by atoms with Gasteiger partial charge in [0.25, 0.3) is 47.3 Å². The third kappa shape index (κ3) is 9.67. The fraction of sp³-hybridized carbons (Fsp3) is 0.0213. The van der Waals surface area contributed by atoms with E-state index in [-0.39, 0.29) is 23.6 Å². The Bertz CT molecular complexity index is 6150. The van der Waals surface area contributed by atoms with Gasteiger partial charge in [0, 0.05) is 76.8 Å². The summed E-state index contributed by atoms with van der Waals surface area (Å²) in [5.74, 6) is -2.15. The Kier molecular flexibility index (Phi) is 14.8. The molecular weight excluding hydrogens is 1350 g/mol. The van der Waals surface area contributed by atoms with Gasteiger partial charge in [-0.2, -0.15) is 0 Å². The average Bonchev–Trinajstić information content (AvgIpc) is 0.748.